The first kappa shape index (κ1) is 19.9. The van der Waals surface area contributed by atoms with Crippen molar-refractivity contribution in [2.24, 2.45) is 0 Å². The number of aromatic hydroxyl groups is 1. The largest absolute Gasteiger partial charge is 0.507 e. The molecule has 1 N–H and O–H groups in total. The summed E-state index contributed by atoms with van der Waals surface area (Å²) in [5.74, 6) is 1.40. The van der Waals surface area contributed by atoms with Crippen molar-refractivity contribution in [1.82, 2.24) is 14.8 Å². The number of hydrogen-bond donors (Lipinski definition) is 1. The first-order valence-electron chi connectivity index (χ1n) is 10.5. The van der Waals surface area contributed by atoms with Gasteiger partial charge in [-0.3, -0.25) is 0 Å². The van der Waals surface area contributed by atoms with Crippen LogP contribution >= 0.6 is 0 Å². The molecule has 0 fully saturated rings. The molecule has 0 saturated carbocycles. The third kappa shape index (κ3) is 3.03. The molecule has 0 spiro atoms. The molecule has 6 heteroatoms. The summed E-state index contributed by atoms with van der Waals surface area (Å²) in [5, 5.41) is 18.3. The van der Waals surface area contributed by atoms with Gasteiger partial charge in [0, 0.05) is 16.3 Å². The molecule has 0 unspecified atom stereocenters. The molecule has 0 aliphatic heterocycles. The van der Waals surface area contributed by atoms with Gasteiger partial charge in [0.2, 0.25) is 0 Å². The number of aromatic nitrogens is 3. The van der Waals surface area contributed by atoms with E-state index < -0.39 is 0 Å². The lowest BCUT2D eigenvalue weighted by Crippen LogP contribution is -1.99. The number of phenols is 1. The van der Waals surface area contributed by atoms with Gasteiger partial charge in [-0.25, -0.2) is 9.67 Å². The molecular weight excluding hydrogens is 402 g/mol. The van der Waals surface area contributed by atoms with Gasteiger partial charge >= 0.3 is 0 Å². The van der Waals surface area contributed by atoms with E-state index in [-0.39, 0.29) is 5.75 Å². The van der Waals surface area contributed by atoms with Crippen molar-refractivity contribution in [1.29, 1.82) is 0 Å². The molecule has 2 aromatic heterocycles. The van der Waals surface area contributed by atoms with Gasteiger partial charge in [-0.1, -0.05) is 37.3 Å². The number of ether oxygens (including phenoxy) is 2. The van der Waals surface area contributed by atoms with Crippen LogP contribution in [0.5, 0.6) is 17.2 Å². The molecule has 5 aromatic rings. The zero-order chi connectivity index (χ0) is 22.2. The Morgan fingerprint density at radius 3 is 2.19 bits per heavy atom. The van der Waals surface area contributed by atoms with Gasteiger partial charge in [0.05, 0.1) is 36.7 Å². The molecule has 0 bridgehead atoms. The third-order valence-corrected chi connectivity index (χ3v) is 5.69. The Morgan fingerprint density at radius 1 is 0.875 bits per heavy atom. The highest BCUT2D eigenvalue weighted by atomic mass is 16.5. The fourth-order valence-electron chi connectivity index (χ4n) is 4.16. The van der Waals surface area contributed by atoms with Gasteiger partial charge in [-0.2, -0.15) is 5.10 Å². The summed E-state index contributed by atoms with van der Waals surface area (Å²) in [5.41, 5.74) is 3.90. The number of phenolic OH excluding ortho intramolecular Hbond substituents is 1. The van der Waals surface area contributed by atoms with Crippen molar-refractivity contribution in [3.8, 4) is 34.2 Å². The van der Waals surface area contributed by atoms with Gasteiger partial charge in [0.1, 0.15) is 5.75 Å². The summed E-state index contributed by atoms with van der Waals surface area (Å²) >= 11 is 0. The lowest BCUT2D eigenvalue weighted by Gasteiger charge is -2.14. The number of para-hydroxylation sites is 2. The molecule has 0 saturated heterocycles. The number of benzene rings is 3. The van der Waals surface area contributed by atoms with E-state index in [9.17, 15) is 5.11 Å². The van der Waals surface area contributed by atoms with E-state index >= 15 is 0 Å². The summed E-state index contributed by atoms with van der Waals surface area (Å²) in [7, 11) is 3.24. The van der Waals surface area contributed by atoms with Crippen molar-refractivity contribution in [3.05, 3.63) is 72.4 Å². The summed E-state index contributed by atoms with van der Waals surface area (Å²) in [4.78, 5) is 5.05. The van der Waals surface area contributed by atoms with E-state index in [0.29, 0.717) is 22.8 Å². The van der Waals surface area contributed by atoms with Gasteiger partial charge in [-0.05, 0) is 42.8 Å². The van der Waals surface area contributed by atoms with E-state index in [1.54, 1.807) is 26.4 Å². The number of nitrogens with zero attached hydrogens (tertiary/aromatic N) is 3. The van der Waals surface area contributed by atoms with E-state index in [1.807, 2.05) is 59.3 Å². The van der Waals surface area contributed by atoms with E-state index in [1.165, 1.54) is 0 Å². The Balaban J connectivity index is 1.98. The second-order valence-electron chi connectivity index (χ2n) is 7.48. The number of rotatable bonds is 5. The van der Waals surface area contributed by atoms with Crippen molar-refractivity contribution in [2.75, 3.05) is 14.2 Å². The van der Waals surface area contributed by atoms with Gasteiger partial charge in [-0.15, -0.1) is 0 Å². The van der Waals surface area contributed by atoms with Crippen LogP contribution in [0.1, 0.15) is 12.6 Å². The standard InChI is InChI=1S/C26H23N3O3/c1-4-20-24-18-14-22(31-2)23(32-3)15-19(18)25(17-12-8-9-13-21(17)30)27-26(24)29(28-20)16-10-6-5-7-11-16/h5-15,30H,4H2,1-3H3. The van der Waals surface area contributed by atoms with Gasteiger partial charge in [0.25, 0.3) is 0 Å². The minimum Gasteiger partial charge on any atom is -0.507 e. The van der Waals surface area contributed by atoms with Gasteiger partial charge < -0.3 is 14.6 Å². The Bertz CT molecular complexity index is 1440. The van der Waals surface area contributed by atoms with Crippen LogP contribution in [0.25, 0.3) is 38.8 Å². The monoisotopic (exact) mass is 425 g/mol. The molecule has 6 nitrogen and oxygen atoms in total. The molecule has 3 aromatic carbocycles. The minimum atomic E-state index is 0.164. The SMILES string of the molecule is CCc1nn(-c2ccccc2)c2nc(-c3ccccc3O)c3cc(OC)c(OC)cc3c12. The predicted octanol–water partition coefficient (Wildman–Crippen LogP) is 5.53. The maximum atomic E-state index is 10.6. The molecule has 0 radical (unpaired) electrons. The van der Waals surface area contributed by atoms with Crippen molar-refractivity contribution < 1.29 is 14.6 Å². The number of pyridine rings is 1. The lowest BCUT2D eigenvalue weighted by atomic mass is 9.99. The van der Waals surface area contributed by atoms with Crippen molar-refractivity contribution in [2.45, 2.75) is 13.3 Å². The summed E-state index contributed by atoms with van der Waals surface area (Å²) in [6.45, 7) is 2.08. The second-order valence-corrected chi connectivity index (χ2v) is 7.48. The highest BCUT2D eigenvalue weighted by molar-refractivity contribution is 6.13. The topological polar surface area (TPSA) is 69.4 Å². The number of fused-ring (bicyclic) bond motifs is 3. The highest BCUT2D eigenvalue weighted by Gasteiger charge is 2.22. The Morgan fingerprint density at radius 2 is 1.53 bits per heavy atom. The normalized spacial score (nSPS) is 11.2. The molecule has 32 heavy (non-hydrogen) atoms. The van der Waals surface area contributed by atoms with Crippen molar-refractivity contribution >= 4 is 21.8 Å². The number of methoxy groups -OCH3 is 2. The number of hydrogen-bond acceptors (Lipinski definition) is 5. The van der Waals surface area contributed by atoms with E-state index in [4.69, 9.17) is 19.6 Å². The molecule has 0 aliphatic rings. The molecule has 0 aliphatic carbocycles. The minimum absolute atomic E-state index is 0.164. The molecular formula is C26H23N3O3. The van der Waals surface area contributed by atoms with Gasteiger partial charge in [0.15, 0.2) is 17.1 Å². The first-order valence-corrected chi connectivity index (χ1v) is 10.5. The van der Waals surface area contributed by atoms with Crippen LogP contribution in [0.2, 0.25) is 0 Å². The van der Waals surface area contributed by atoms with Crippen LogP contribution in [0, 0.1) is 0 Å². The second kappa shape index (κ2) is 7.89. The Kier molecular flexibility index (Phi) is 4.90. The molecule has 5 rings (SSSR count). The average molecular weight is 425 g/mol. The molecule has 0 amide bonds. The third-order valence-electron chi connectivity index (χ3n) is 5.69. The van der Waals surface area contributed by atoms with Crippen LogP contribution in [0.3, 0.4) is 0 Å². The Labute approximate surface area is 185 Å². The predicted molar refractivity (Wildman–Crippen MR) is 126 cm³/mol. The highest BCUT2D eigenvalue weighted by Crippen LogP contribution is 2.42. The fraction of sp³-hybridized carbons (Fsp3) is 0.154. The quantitative estimate of drug-likeness (QED) is 0.401. The average Bonchev–Trinajstić information content (AvgIpc) is 3.22. The van der Waals surface area contributed by atoms with Crippen LogP contribution in [0.4, 0.5) is 0 Å². The maximum absolute atomic E-state index is 10.6. The van der Waals surface area contributed by atoms with Crippen LogP contribution < -0.4 is 9.47 Å². The van der Waals surface area contributed by atoms with Crippen molar-refractivity contribution in [3.63, 3.8) is 0 Å². The maximum Gasteiger partial charge on any atom is 0.164 e. The van der Waals surface area contributed by atoms with Crippen LogP contribution in [-0.2, 0) is 6.42 Å². The van der Waals surface area contributed by atoms with E-state index in [0.717, 1.165) is 39.6 Å². The zero-order valence-electron chi connectivity index (χ0n) is 18.2. The molecule has 0 atom stereocenters. The van der Waals surface area contributed by atoms with Crippen LogP contribution in [0.15, 0.2) is 66.7 Å². The molecule has 2 heterocycles. The van der Waals surface area contributed by atoms with E-state index in [2.05, 4.69) is 6.92 Å². The summed E-state index contributed by atoms with van der Waals surface area (Å²) in [6, 6.07) is 21.1. The smallest absolute Gasteiger partial charge is 0.164 e. The summed E-state index contributed by atoms with van der Waals surface area (Å²) < 4.78 is 13.0. The molecule has 160 valence electrons. The fourth-order valence-corrected chi connectivity index (χ4v) is 4.16. The first-order chi connectivity index (χ1) is 15.7. The van der Waals surface area contributed by atoms with Crippen LogP contribution in [-0.4, -0.2) is 34.1 Å². The Hall–Kier alpha value is -4.06. The lowest BCUT2D eigenvalue weighted by molar-refractivity contribution is 0.356. The zero-order valence-corrected chi connectivity index (χ0v) is 18.2. The number of aryl methyl sites for hydroxylation is 1. The summed E-state index contributed by atoms with van der Waals surface area (Å²) in [6.07, 6.45) is 0.747.